The first kappa shape index (κ1) is 14.5. The molecule has 1 rings (SSSR count). The molecule has 0 aromatic heterocycles. The van der Waals surface area contributed by atoms with Crippen molar-refractivity contribution in [3.05, 3.63) is 0 Å². The van der Waals surface area contributed by atoms with Crippen LogP contribution >= 0.6 is 0 Å². The zero-order chi connectivity index (χ0) is 12.9. The molecule has 0 aromatic rings. The van der Waals surface area contributed by atoms with Gasteiger partial charge in [0.1, 0.15) is 0 Å². The summed E-state index contributed by atoms with van der Waals surface area (Å²) in [5, 5.41) is 22.1. The van der Waals surface area contributed by atoms with Crippen LogP contribution in [0.1, 0.15) is 52.4 Å². The Morgan fingerprint density at radius 1 is 1.47 bits per heavy atom. The molecular formula is C13H25NO3. The van der Waals surface area contributed by atoms with Crippen LogP contribution in [0.15, 0.2) is 0 Å². The van der Waals surface area contributed by atoms with Gasteiger partial charge in [0.25, 0.3) is 0 Å². The topological polar surface area (TPSA) is 69.6 Å². The van der Waals surface area contributed by atoms with E-state index in [1.165, 1.54) is 6.42 Å². The van der Waals surface area contributed by atoms with Gasteiger partial charge in [0, 0.05) is 12.6 Å². The molecule has 4 heteroatoms. The molecule has 3 N–H and O–H groups in total. The number of aliphatic carboxylic acids is 1. The average molecular weight is 243 g/mol. The molecule has 0 heterocycles. The summed E-state index contributed by atoms with van der Waals surface area (Å²) in [6.07, 6.45) is 5.13. The molecule has 1 aliphatic carbocycles. The Hall–Kier alpha value is -0.610. The lowest BCUT2D eigenvalue weighted by atomic mass is 9.78. The lowest BCUT2D eigenvalue weighted by Crippen LogP contribution is -2.46. The fraction of sp³-hybridized carbons (Fsp3) is 0.923. The number of carboxylic acids is 1. The predicted octanol–water partition coefficient (Wildman–Crippen LogP) is 1.77. The van der Waals surface area contributed by atoms with E-state index in [0.29, 0.717) is 6.54 Å². The number of carbonyl (C=O) groups is 1. The second-order valence-corrected chi connectivity index (χ2v) is 5.46. The molecule has 0 saturated heterocycles. The average Bonchev–Trinajstić information content (AvgIpc) is 2.27. The molecule has 4 nitrogen and oxygen atoms in total. The molecule has 100 valence electrons. The van der Waals surface area contributed by atoms with Gasteiger partial charge in [-0.05, 0) is 38.5 Å². The van der Waals surface area contributed by atoms with E-state index in [9.17, 15) is 9.90 Å². The minimum atomic E-state index is -0.799. The standard InChI is InChI=1S/C13H25NO3/c1-3-11-4-6-13(17,7-5-11)9-14-10(2)8-12(15)16/h10-11,14,17H,3-9H2,1-2H3,(H,15,16). The highest BCUT2D eigenvalue weighted by Gasteiger charge is 2.32. The summed E-state index contributed by atoms with van der Waals surface area (Å²) in [5.74, 6) is -0.0431. The third kappa shape index (κ3) is 5.04. The van der Waals surface area contributed by atoms with Crippen LogP contribution in [0.25, 0.3) is 0 Å². The van der Waals surface area contributed by atoms with Crippen molar-refractivity contribution in [2.75, 3.05) is 6.54 Å². The molecule has 0 aromatic carbocycles. The Kier molecular flexibility index (Phi) is 5.40. The summed E-state index contributed by atoms with van der Waals surface area (Å²) in [6, 6.07) is -0.0829. The smallest absolute Gasteiger partial charge is 0.304 e. The lowest BCUT2D eigenvalue weighted by molar-refractivity contribution is -0.137. The third-order valence-electron chi connectivity index (χ3n) is 3.87. The van der Waals surface area contributed by atoms with Crippen molar-refractivity contribution in [2.24, 2.45) is 5.92 Å². The monoisotopic (exact) mass is 243 g/mol. The normalized spacial score (nSPS) is 31.1. The minimum Gasteiger partial charge on any atom is -0.481 e. The van der Waals surface area contributed by atoms with Crippen LogP contribution in [0.4, 0.5) is 0 Å². The Balaban J connectivity index is 2.28. The maximum atomic E-state index is 10.5. The lowest BCUT2D eigenvalue weighted by Gasteiger charge is -2.36. The number of nitrogens with one attached hydrogen (secondary N) is 1. The molecule has 1 aliphatic rings. The maximum absolute atomic E-state index is 10.5. The van der Waals surface area contributed by atoms with Crippen molar-refractivity contribution < 1.29 is 15.0 Å². The Morgan fingerprint density at radius 3 is 2.53 bits per heavy atom. The van der Waals surface area contributed by atoms with E-state index in [-0.39, 0.29) is 12.5 Å². The highest BCUT2D eigenvalue weighted by atomic mass is 16.4. The number of hydrogen-bond acceptors (Lipinski definition) is 3. The van der Waals surface area contributed by atoms with Crippen molar-refractivity contribution in [3.63, 3.8) is 0 Å². The summed E-state index contributed by atoms with van der Waals surface area (Å²) in [7, 11) is 0. The van der Waals surface area contributed by atoms with E-state index >= 15 is 0 Å². The maximum Gasteiger partial charge on any atom is 0.304 e. The van der Waals surface area contributed by atoms with Gasteiger partial charge in [-0.2, -0.15) is 0 Å². The fourth-order valence-corrected chi connectivity index (χ4v) is 2.50. The van der Waals surface area contributed by atoms with Crippen molar-refractivity contribution in [1.29, 1.82) is 0 Å². The summed E-state index contributed by atoms with van der Waals surface area (Å²) < 4.78 is 0. The summed E-state index contributed by atoms with van der Waals surface area (Å²) in [4.78, 5) is 10.5. The predicted molar refractivity (Wildman–Crippen MR) is 66.9 cm³/mol. The largest absolute Gasteiger partial charge is 0.481 e. The Bertz CT molecular complexity index is 247. The minimum absolute atomic E-state index is 0.0829. The molecule has 1 unspecified atom stereocenters. The Morgan fingerprint density at radius 2 is 2.06 bits per heavy atom. The second-order valence-electron chi connectivity index (χ2n) is 5.46. The molecule has 0 amide bonds. The van der Waals surface area contributed by atoms with Crippen molar-refractivity contribution >= 4 is 5.97 Å². The van der Waals surface area contributed by atoms with Gasteiger partial charge in [0.15, 0.2) is 0 Å². The van der Waals surface area contributed by atoms with Gasteiger partial charge in [-0.15, -0.1) is 0 Å². The van der Waals surface area contributed by atoms with E-state index in [1.54, 1.807) is 0 Å². The molecule has 0 aliphatic heterocycles. The van der Waals surface area contributed by atoms with E-state index in [4.69, 9.17) is 5.11 Å². The number of hydrogen-bond donors (Lipinski definition) is 3. The zero-order valence-corrected chi connectivity index (χ0v) is 10.9. The molecule has 1 fully saturated rings. The molecule has 1 atom stereocenters. The van der Waals surface area contributed by atoms with Crippen LogP contribution < -0.4 is 5.32 Å². The van der Waals surface area contributed by atoms with E-state index in [0.717, 1.165) is 31.6 Å². The van der Waals surface area contributed by atoms with Crippen molar-refractivity contribution in [3.8, 4) is 0 Å². The van der Waals surface area contributed by atoms with Crippen LogP contribution in [-0.2, 0) is 4.79 Å². The van der Waals surface area contributed by atoms with E-state index in [1.807, 2.05) is 6.92 Å². The molecular weight excluding hydrogens is 218 g/mol. The zero-order valence-electron chi connectivity index (χ0n) is 10.9. The summed E-state index contributed by atoms with van der Waals surface area (Å²) in [6.45, 7) is 4.55. The Labute approximate surface area is 103 Å². The van der Waals surface area contributed by atoms with Crippen LogP contribution in [0, 0.1) is 5.92 Å². The van der Waals surface area contributed by atoms with Gasteiger partial charge in [0.05, 0.1) is 12.0 Å². The fourth-order valence-electron chi connectivity index (χ4n) is 2.50. The van der Waals surface area contributed by atoms with Gasteiger partial charge >= 0.3 is 5.97 Å². The van der Waals surface area contributed by atoms with Gasteiger partial charge in [0.2, 0.25) is 0 Å². The SMILES string of the molecule is CCC1CCC(O)(CNC(C)CC(=O)O)CC1. The number of rotatable bonds is 6. The highest BCUT2D eigenvalue weighted by Crippen LogP contribution is 2.33. The first-order valence-corrected chi connectivity index (χ1v) is 6.63. The second kappa shape index (κ2) is 6.36. The van der Waals surface area contributed by atoms with Gasteiger partial charge in [-0.1, -0.05) is 13.3 Å². The van der Waals surface area contributed by atoms with Gasteiger partial charge < -0.3 is 15.5 Å². The van der Waals surface area contributed by atoms with Crippen molar-refractivity contribution in [2.45, 2.75) is 64.0 Å². The summed E-state index contributed by atoms with van der Waals surface area (Å²) in [5.41, 5.74) is -0.627. The number of carboxylic acid groups (broad SMARTS) is 1. The van der Waals surface area contributed by atoms with Crippen LogP contribution in [-0.4, -0.2) is 34.4 Å². The molecule has 0 spiro atoms. The first-order chi connectivity index (χ1) is 7.95. The molecule has 1 saturated carbocycles. The van der Waals surface area contributed by atoms with Crippen molar-refractivity contribution in [1.82, 2.24) is 5.32 Å². The molecule has 17 heavy (non-hydrogen) atoms. The van der Waals surface area contributed by atoms with E-state index < -0.39 is 11.6 Å². The highest BCUT2D eigenvalue weighted by molar-refractivity contribution is 5.67. The first-order valence-electron chi connectivity index (χ1n) is 6.63. The van der Waals surface area contributed by atoms with Crippen LogP contribution in [0.2, 0.25) is 0 Å². The van der Waals surface area contributed by atoms with Gasteiger partial charge in [-0.3, -0.25) is 4.79 Å². The van der Waals surface area contributed by atoms with E-state index in [2.05, 4.69) is 12.2 Å². The van der Waals surface area contributed by atoms with Crippen LogP contribution in [0.3, 0.4) is 0 Å². The molecule has 0 radical (unpaired) electrons. The number of aliphatic hydroxyl groups is 1. The summed E-state index contributed by atoms with van der Waals surface area (Å²) >= 11 is 0. The molecule has 0 bridgehead atoms. The van der Waals surface area contributed by atoms with Crippen LogP contribution in [0.5, 0.6) is 0 Å². The third-order valence-corrected chi connectivity index (χ3v) is 3.87. The van der Waals surface area contributed by atoms with Gasteiger partial charge in [-0.25, -0.2) is 0 Å². The quantitative estimate of drug-likeness (QED) is 0.665.